The number of rotatable bonds is 8. The molecule has 0 aliphatic heterocycles. The van der Waals surface area contributed by atoms with Crippen molar-refractivity contribution in [2.45, 2.75) is 5.16 Å². The first-order valence-electron chi connectivity index (χ1n) is 10.00. The molecule has 0 bridgehead atoms. The maximum atomic E-state index is 12.4. The van der Waals surface area contributed by atoms with Gasteiger partial charge in [-0.2, -0.15) is 5.10 Å². The number of hydrazone groups is 1. The second-order valence-electron chi connectivity index (χ2n) is 6.81. The zero-order valence-electron chi connectivity index (χ0n) is 17.7. The second-order valence-corrected chi connectivity index (χ2v) is 8.19. The third-order valence-electron chi connectivity index (χ3n) is 4.61. The van der Waals surface area contributed by atoms with Crippen LogP contribution >= 0.6 is 23.4 Å². The number of aromatic nitrogens is 3. The van der Waals surface area contributed by atoms with Gasteiger partial charge in [-0.1, -0.05) is 65.8 Å². The number of nitrogens with zero attached hydrogens (tertiary/aromatic N) is 4. The van der Waals surface area contributed by atoms with E-state index in [2.05, 4.69) is 20.7 Å². The summed E-state index contributed by atoms with van der Waals surface area (Å²) in [5.41, 5.74) is 5.07. The smallest absolute Gasteiger partial charge is 0.250 e. The van der Waals surface area contributed by atoms with Crippen LogP contribution < -0.4 is 10.2 Å². The number of hydrogen-bond donors (Lipinski definition) is 1. The molecule has 0 spiro atoms. The molecule has 1 heterocycles. The summed E-state index contributed by atoms with van der Waals surface area (Å²) in [5, 5.41) is 13.9. The average molecular weight is 478 g/mol. The zero-order chi connectivity index (χ0) is 23.0. The summed E-state index contributed by atoms with van der Waals surface area (Å²) >= 11 is 7.33. The Bertz CT molecular complexity index is 1260. The lowest BCUT2D eigenvalue weighted by molar-refractivity contribution is -0.118. The Kier molecular flexibility index (Phi) is 7.39. The van der Waals surface area contributed by atoms with Gasteiger partial charge in [0.1, 0.15) is 5.75 Å². The Labute approximate surface area is 200 Å². The monoisotopic (exact) mass is 477 g/mol. The summed E-state index contributed by atoms with van der Waals surface area (Å²) in [7, 11) is 1.59. The van der Waals surface area contributed by atoms with Crippen LogP contribution in [0, 0.1) is 0 Å². The molecule has 0 unspecified atom stereocenters. The van der Waals surface area contributed by atoms with E-state index < -0.39 is 0 Å². The molecule has 0 saturated carbocycles. The van der Waals surface area contributed by atoms with Crippen molar-refractivity contribution in [3.63, 3.8) is 0 Å². The summed E-state index contributed by atoms with van der Waals surface area (Å²) in [6, 6.07) is 24.6. The lowest BCUT2D eigenvalue weighted by Gasteiger charge is -2.10. The number of amides is 1. The third-order valence-corrected chi connectivity index (χ3v) is 5.80. The minimum absolute atomic E-state index is 0.115. The van der Waals surface area contributed by atoms with Crippen molar-refractivity contribution >= 4 is 35.5 Å². The summed E-state index contributed by atoms with van der Waals surface area (Å²) in [6.45, 7) is 0. The van der Waals surface area contributed by atoms with Gasteiger partial charge in [-0.05, 0) is 36.4 Å². The molecule has 1 amide bonds. The van der Waals surface area contributed by atoms with Crippen LogP contribution in [-0.4, -0.2) is 39.7 Å². The van der Waals surface area contributed by atoms with Crippen molar-refractivity contribution in [1.29, 1.82) is 0 Å². The van der Waals surface area contributed by atoms with Crippen molar-refractivity contribution in [3.8, 4) is 22.8 Å². The van der Waals surface area contributed by atoms with E-state index >= 15 is 0 Å². The number of methoxy groups -OCH3 is 1. The topological polar surface area (TPSA) is 81.4 Å². The molecule has 7 nitrogen and oxygen atoms in total. The standard InChI is InChI=1S/C24H20ClN5O2S/c1-32-21-10-6-5-9-18(21)15-26-27-22(31)16-33-24-29-28-23(17-7-3-2-4-8-17)30(24)20-13-11-19(25)12-14-20/h2-15H,16H2,1H3,(H,27,31)/b26-15+. The number of para-hydroxylation sites is 1. The molecular weight excluding hydrogens is 458 g/mol. The van der Waals surface area contributed by atoms with Crippen molar-refractivity contribution in [2.75, 3.05) is 12.9 Å². The van der Waals surface area contributed by atoms with Gasteiger partial charge in [-0.15, -0.1) is 10.2 Å². The van der Waals surface area contributed by atoms with E-state index in [-0.39, 0.29) is 11.7 Å². The van der Waals surface area contributed by atoms with E-state index in [1.165, 1.54) is 11.8 Å². The third kappa shape index (κ3) is 5.60. The Morgan fingerprint density at radius 3 is 2.55 bits per heavy atom. The molecule has 0 atom stereocenters. The molecule has 9 heteroatoms. The van der Waals surface area contributed by atoms with Gasteiger partial charge in [0.25, 0.3) is 5.91 Å². The highest BCUT2D eigenvalue weighted by Gasteiger charge is 2.17. The summed E-state index contributed by atoms with van der Waals surface area (Å²) < 4.78 is 7.18. The van der Waals surface area contributed by atoms with Gasteiger partial charge in [0, 0.05) is 21.8 Å². The number of thioether (sulfide) groups is 1. The molecule has 33 heavy (non-hydrogen) atoms. The van der Waals surface area contributed by atoms with Crippen molar-refractivity contribution < 1.29 is 9.53 Å². The molecule has 0 aliphatic carbocycles. The molecule has 1 N–H and O–H groups in total. The molecule has 166 valence electrons. The predicted molar refractivity (Wildman–Crippen MR) is 131 cm³/mol. The van der Waals surface area contributed by atoms with Crippen molar-refractivity contribution in [2.24, 2.45) is 5.10 Å². The summed E-state index contributed by atoms with van der Waals surface area (Å²) in [6.07, 6.45) is 1.55. The van der Waals surface area contributed by atoms with E-state index in [0.717, 1.165) is 16.8 Å². The summed E-state index contributed by atoms with van der Waals surface area (Å²) in [4.78, 5) is 12.4. The maximum Gasteiger partial charge on any atom is 0.250 e. The first-order chi connectivity index (χ1) is 16.2. The SMILES string of the molecule is COc1ccccc1/C=N/NC(=O)CSc1nnc(-c2ccccc2)n1-c1ccc(Cl)cc1. The van der Waals surface area contributed by atoms with Crippen LogP contribution in [0.4, 0.5) is 0 Å². The van der Waals surface area contributed by atoms with E-state index in [1.807, 2.05) is 71.3 Å². The number of halogens is 1. The number of ether oxygens (including phenoxy) is 1. The fourth-order valence-corrected chi connectivity index (χ4v) is 3.94. The van der Waals surface area contributed by atoms with Crippen LogP contribution in [0.1, 0.15) is 5.56 Å². The first kappa shape index (κ1) is 22.6. The molecule has 0 saturated heterocycles. The number of carbonyl (C=O) groups excluding carboxylic acids is 1. The van der Waals surface area contributed by atoms with E-state index in [0.29, 0.717) is 21.8 Å². The van der Waals surface area contributed by atoms with Crippen molar-refractivity contribution in [1.82, 2.24) is 20.2 Å². The van der Waals surface area contributed by atoms with Gasteiger partial charge < -0.3 is 4.74 Å². The minimum Gasteiger partial charge on any atom is -0.496 e. The molecule has 4 aromatic rings. The van der Waals surface area contributed by atoms with Crippen LogP contribution in [0.5, 0.6) is 5.75 Å². The number of carbonyl (C=O) groups is 1. The van der Waals surface area contributed by atoms with Gasteiger partial charge in [0.15, 0.2) is 11.0 Å². The largest absolute Gasteiger partial charge is 0.496 e. The fourth-order valence-electron chi connectivity index (χ4n) is 3.07. The maximum absolute atomic E-state index is 12.4. The molecule has 3 aromatic carbocycles. The normalized spacial score (nSPS) is 11.0. The fraction of sp³-hybridized carbons (Fsp3) is 0.0833. The van der Waals surface area contributed by atoms with Gasteiger partial charge in [-0.25, -0.2) is 5.43 Å². The van der Waals surface area contributed by atoms with E-state index in [9.17, 15) is 4.79 Å². The van der Waals surface area contributed by atoms with Crippen LogP contribution in [0.15, 0.2) is 89.1 Å². The van der Waals surface area contributed by atoms with Crippen LogP contribution in [0.25, 0.3) is 17.1 Å². The van der Waals surface area contributed by atoms with Gasteiger partial charge >= 0.3 is 0 Å². The predicted octanol–water partition coefficient (Wildman–Crippen LogP) is 4.84. The highest BCUT2D eigenvalue weighted by Crippen LogP contribution is 2.28. The molecule has 0 aliphatic rings. The minimum atomic E-state index is -0.266. The number of benzene rings is 3. The highest BCUT2D eigenvalue weighted by atomic mass is 35.5. The van der Waals surface area contributed by atoms with Gasteiger partial charge in [0.2, 0.25) is 0 Å². The number of hydrogen-bond acceptors (Lipinski definition) is 6. The van der Waals surface area contributed by atoms with Crippen LogP contribution in [0.2, 0.25) is 5.02 Å². The Morgan fingerprint density at radius 2 is 1.79 bits per heavy atom. The second kappa shape index (κ2) is 10.8. The van der Waals surface area contributed by atoms with Crippen molar-refractivity contribution in [3.05, 3.63) is 89.4 Å². The Hall–Kier alpha value is -3.62. The molecular formula is C24H20ClN5O2S. The van der Waals surface area contributed by atoms with Gasteiger partial charge in [-0.3, -0.25) is 9.36 Å². The molecule has 0 fully saturated rings. The molecule has 0 radical (unpaired) electrons. The van der Waals surface area contributed by atoms with E-state index in [1.54, 1.807) is 25.5 Å². The quantitative estimate of drug-likeness (QED) is 0.223. The first-order valence-corrected chi connectivity index (χ1v) is 11.4. The van der Waals surface area contributed by atoms with Crippen LogP contribution in [0.3, 0.4) is 0 Å². The zero-order valence-corrected chi connectivity index (χ0v) is 19.3. The molecule has 4 rings (SSSR count). The van der Waals surface area contributed by atoms with Crippen LogP contribution in [-0.2, 0) is 4.79 Å². The lowest BCUT2D eigenvalue weighted by Crippen LogP contribution is -2.20. The highest BCUT2D eigenvalue weighted by molar-refractivity contribution is 7.99. The average Bonchev–Trinajstić information content (AvgIpc) is 3.28. The van der Waals surface area contributed by atoms with Gasteiger partial charge in [0.05, 0.1) is 19.1 Å². The van der Waals surface area contributed by atoms with E-state index in [4.69, 9.17) is 16.3 Å². The Morgan fingerprint density at radius 1 is 1.06 bits per heavy atom. The lowest BCUT2D eigenvalue weighted by atomic mass is 10.2. The molecule has 1 aromatic heterocycles. The summed E-state index contributed by atoms with van der Waals surface area (Å²) in [5.74, 6) is 1.20. The Balaban J connectivity index is 1.50. The number of nitrogens with one attached hydrogen (secondary N) is 1.